The van der Waals surface area contributed by atoms with Gasteiger partial charge in [-0.1, -0.05) is 28.1 Å². The van der Waals surface area contributed by atoms with E-state index in [2.05, 4.69) is 15.1 Å². The number of anilines is 1. The number of oxime groups is 1. The predicted molar refractivity (Wildman–Crippen MR) is 170 cm³/mol. The second-order valence-corrected chi connectivity index (χ2v) is 13.8. The molecule has 1 amide bonds. The number of aliphatic carboxylic acids is 1. The molecular weight excluding hydrogens is 662 g/mol. The predicted octanol–water partition coefficient (Wildman–Crippen LogP) is 2.29. The maximum Gasteiger partial charge on any atom is 0.352 e. The quantitative estimate of drug-likeness (QED) is 0.0595. The number of amides is 1. The van der Waals surface area contributed by atoms with Crippen molar-refractivity contribution in [2.24, 2.45) is 16.8 Å². The Kier molecular flexibility index (Phi) is 8.34. The van der Waals surface area contributed by atoms with Crippen LogP contribution in [0.3, 0.4) is 0 Å². The smallest absolute Gasteiger partial charge is 0.352 e. The number of aromatic nitrogens is 4. The highest BCUT2D eigenvalue weighted by Crippen LogP contribution is 2.45. The molecule has 14 nitrogen and oxygen atoms in total. The number of halogens is 1. The second kappa shape index (κ2) is 12.2. The second-order valence-electron chi connectivity index (χ2n) is 10.1. The molecule has 0 unspecified atom stereocenters. The van der Waals surface area contributed by atoms with E-state index in [-0.39, 0.29) is 45.4 Å². The van der Waals surface area contributed by atoms with Gasteiger partial charge < -0.3 is 26.0 Å². The molecule has 45 heavy (non-hydrogen) atoms. The van der Waals surface area contributed by atoms with Gasteiger partial charge >= 0.3 is 5.97 Å². The van der Waals surface area contributed by atoms with Crippen LogP contribution in [0.5, 0.6) is 0 Å². The minimum atomic E-state index is -1.21. The third kappa shape index (κ3) is 5.79. The van der Waals surface area contributed by atoms with Crippen LogP contribution in [-0.4, -0.2) is 72.0 Å². The number of carbonyl (C=O) groups is 3. The van der Waals surface area contributed by atoms with E-state index in [1.807, 2.05) is 39.9 Å². The SMILES string of the molecule is CO/N=C(\C(=O)C[C@@H]1C(=O)N2C(C(=O)O)=C(C[n+]3ccc4ccn(Cc5nc(C(=N)N)cs5)c4c3)CS[C@H]12)c1nc(N)sc1Cl. The number of amidine groups is 1. The van der Waals surface area contributed by atoms with Crippen LogP contribution in [0.15, 0.2) is 52.5 Å². The summed E-state index contributed by atoms with van der Waals surface area (Å²) < 4.78 is 4.06. The van der Waals surface area contributed by atoms with Gasteiger partial charge in [-0.25, -0.2) is 14.8 Å². The van der Waals surface area contributed by atoms with Crippen molar-refractivity contribution in [3.63, 3.8) is 0 Å². The third-order valence-corrected chi connectivity index (χ3v) is 10.6. The van der Waals surface area contributed by atoms with Gasteiger partial charge in [0.15, 0.2) is 35.6 Å². The van der Waals surface area contributed by atoms with E-state index in [0.29, 0.717) is 23.6 Å². The molecular formula is C27H25ClN9O5S3+. The van der Waals surface area contributed by atoms with Crippen molar-refractivity contribution in [1.82, 2.24) is 19.4 Å². The zero-order valence-electron chi connectivity index (χ0n) is 23.5. The molecule has 0 aliphatic carbocycles. The van der Waals surface area contributed by atoms with E-state index in [1.54, 1.807) is 5.38 Å². The molecule has 0 aromatic carbocycles. The van der Waals surface area contributed by atoms with E-state index < -0.39 is 29.0 Å². The molecule has 6 N–H and O–H groups in total. The molecule has 0 spiro atoms. The first-order chi connectivity index (χ1) is 21.5. The van der Waals surface area contributed by atoms with Crippen LogP contribution in [-0.2, 0) is 32.3 Å². The number of thioether (sulfide) groups is 1. The molecule has 0 radical (unpaired) electrons. The van der Waals surface area contributed by atoms with Crippen LogP contribution in [0, 0.1) is 11.3 Å². The molecule has 1 saturated heterocycles. The summed E-state index contributed by atoms with van der Waals surface area (Å²) in [6.45, 7) is 0.725. The Morgan fingerprint density at radius 2 is 2.13 bits per heavy atom. The van der Waals surface area contributed by atoms with Crippen LogP contribution in [0.2, 0.25) is 4.34 Å². The van der Waals surface area contributed by atoms with E-state index in [9.17, 15) is 19.5 Å². The summed E-state index contributed by atoms with van der Waals surface area (Å²) in [6.07, 6.45) is 5.50. The van der Waals surface area contributed by atoms with Gasteiger partial charge in [0.2, 0.25) is 5.91 Å². The first-order valence-electron chi connectivity index (χ1n) is 13.3. The average Bonchev–Trinajstić information content (AvgIpc) is 3.73. The minimum absolute atomic E-state index is 0.0731. The summed E-state index contributed by atoms with van der Waals surface area (Å²) >= 11 is 9.99. The Balaban J connectivity index is 1.21. The van der Waals surface area contributed by atoms with Crippen molar-refractivity contribution >= 4 is 91.3 Å². The fourth-order valence-electron chi connectivity index (χ4n) is 5.29. The fourth-order valence-corrected chi connectivity index (χ4v) is 8.42. The number of fused-ring (bicyclic) bond motifs is 2. The number of hydrogen-bond acceptors (Lipinski definition) is 12. The van der Waals surface area contributed by atoms with Crippen LogP contribution in [0.1, 0.15) is 22.8 Å². The number of nitrogens with two attached hydrogens (primary N) is 2. The first kappa shape index (κ1) is 30.7. The van der Waals surface area contributed by atoms with Crippen molar-refractivity contribution in [2.75, 3.05) is 18.6 Å². The number of ketones is 1. The number of nitrogens with zero attached hydrogens (tertiary/aromatic N) is 6. The lowest BCUT2D eigenvalue weighted by molar-refractivity contribution is -0.687. The third-order valence-electron chi connectivity index (χ3n) is 7.32. The van der Waals surface area contributed by atoms with Crippen LogP contribution in [0.25, 0.3) is 10.9 Å². The normalized spacial score (nSPS) is 18.2. The minimum Gasteiger partial charge on any atom is -0.477 e. The average molecular weight is 687 g/mol. The number of Topliss-reactive ketones (excluding diaryl/α,β-unsaturated/α-hetero) is 1. The zero-order valence-corrected chi connectivity index (χ0v) is 26.7. The summed E-state index contributed by atoms with van der Waals surface area (Å²) in [5.41, 5.74) is 13.0. The molecule has 6 rings (SSSR count). The maximum absolute atomic E-state index is 13.3. The highest BCUT2D eigenvalue weighted by molar-refractivity contribution is 8.00. The largest absolute Gasteiger partial charge is 0.477 e. The summed E-state index contributed by atoms with van der Waals surface area (Å²) in [7, 11) is 1.27. The number of rotatable bonds is 11. The maximum atomic E-state index is 13.3. The van der Waals surface area contributed by atoms with Crippen LogP contribution >= 0.6 is 46.0 Å². The Morgan fingerprint density at radius 3 is 2.80 bits per heavy atom. The van der Waals surface area contributed by atoms with E-state index in [0.717, 1.165) is 27.2 Å². The number of nitrogens with one attached hydrogen (secondary N) is 1. The molecule has 1 fully saturated rings. The van der Waals surface area contributed by atoms with Crippen molar-refractivity contribution < 1.29 is 28.9 Å². The summed E-state index contributed by atoms with van der Waals surface area (Å²) in [4.78, 5) is 53.6. The van der Waals surface area contributed by atoms with Gasteiger partial charge in [0, 0.05) is 40.8 Å². The number of β-lactam (4-membered cyclic amide) rings is 1. The lowest BCUT2D eigenvalue weighted by Gasteiger charge is -2.49. The van der Waals surface area contributed by atoms with E-state index in [4.69, 9.17) is 33.3 Å². The summed E-state index contributed by atoms with van der Waals surface area (Å²) in [6, 6.07) is 3.91. The molecule has 2 aliphatic rings. The number of thiazole rings is 2. The highest BCUT2D eigenvalue weighted by atomic mass is 35.5. The van der Waals surface area contributed by atoms with Gasteiger partial charge in [-0.3, -0.25) is 19.9 Å². The summed E-state index contributed by atoms with van der Waals surface area (Å²) in [5, 5.41) is 24.7. The number of carboxylic acids is 1. The molecule has 6 heterocycles. The van der Waals surface area contributed by atoms with Gasteiger partial charge in [-0.05, 0) is 6.07 Å². The number of nitrogen functional groups attached to an aromatic ring is 2. The first-order valence-corrected chi connectivity index (χ1v) is 16.4. The fraction of sp³-hybridized carbons (Fsp3) is 0.259. The Hall–Kier alpha value is -4.32. The number of hydrogen-bond donors (Lipinski definition) is 4. The molecule has 2 aliphatic heterocycles. The van der Waals surface area contributed by atoms with Crippen molar-refractivity contribution in [3.05, 3.63) is 68.1 Å². The van der Waals surface area contributed by atoms with Crippen molar-refractivity contribution in [1.29, 1.82) is 5.41 Å². The van der Waals surface area contributed by atoms with E-state index in [1.165, 1.54) is 35.1 Å². The van der Waals surface area contributed by atoms with Crippen molar-refractivity contribution in [3.8, 4) is 0 Å². The van der Waals surface area contributed by atoms with Gasteiger partial charge in [0.1, 0.15) is 44.9 Å². The topological polar surface area (TPSA) is 207 Å². The lowest BCUT2D eigenvalue weighted by Crippen LogP contribution is -2.62. The lowest BCUT2D eigenvalue weighted by atomic mass is 9.89. The standard InChI is InChI=1S/C27H24ClN9O5S3/c1-42-34-19(20-22(28)45-27(31)33-20)17(38)6-14-24(39)37-21(26(40)41)13(10-44-25(14)37)7-35-4-2-12-3-5-36(16(12)8-35)9-18-32-15(11-43-18)23(29)30/h2-5,8,11,14,25H,6-7,9-10H2,1H3,(H5-,29,30,31,33,40,41)/p+1/b34-19+/t14-,25-/m1/s1. The van der Waals surface area contributed by atoms with Crippen LogP contribution in [0.4, 0.5) is 5.13 Å². The van der Waals surface area contributed by atoms with Gasteiger partial charge in [-0.2, -0.15) is 4.57 Å². The molecule has 0 saturated carbocycles. The Bertz CT molecular complexity index is 1950. The molecule has 4 aromatic rings. The van der Waals surface area contributed by atoms with Gasteiger partial charge in [0.05, 0.1) is 17.8 Å². The molecule has 18 heteroatoms. The molecule has 232 valence electrons. The summed E-state index contributed by atoms with van der Waals surface area (Å²) in [5.74, 6) is -2.67. The number of carbonyl (C=O) groups excluding carboxylic acids is 2. The molecule has 2 atom stereocenters. The highest BCUT2D eigenvalue weighted by Gasteiger charge is 2.54. The number of carboxylic acid groups (broad SMARTS) is 1. The van der Waals surface area contributed by atoms with E-state index >= 15 is 0 Å². The monoisotopic (exact) mass is 686 g/mol. The Morgan fingerprint density at radius 1 is 1.33 bits per heavy atom. The molecule has 4 aromatic heterocycles. The van der Waals surface area contributed by atoms with Gasteiger partial charge in [-0.15, -0.1) is 23.1 Å². The van der Waals surface area contributed by atoms with Crippen molar-refractivity contribution in [2.45, 2.75) is 24.9 Å². The van der Waals surface area contributed by atoms with Crippen LogP contribution < -0.4 is 16.0 Å². The number of pyridine rings is 1. The molecule has 0 bridgehead atoms. The van der Waals surface area contributed by atoms with Gasteiger partial charge in [0.25, 0.3) is 0 Å². The zero-order chi connectivity index (χ0) is 32.0. The Labute approximate surface area is 272 Å².